The second-order valence-electron chi connectivity index (χ2n) is 7.38. The third kappa shape index (κ3) is 10.7. The van der Waals surface area contributed by atoms with Crippen LogP contribution in [0.3, 0.4) is 0 Å². The normalized spacial score (nSPS) is 10.2. The van der Waals surface area contributed by atoms with Gasteiger partial charge in [0.2, 0.25) is 11.1 Å². The van der Waals surface area contributed by atoms with Crippen molar-refractivity contribution in [1.82, 2.24) is 9.97 Å². The van der Waals surface area contributed by atoms with Crippen LogP contribution in [0.15, 0.2) is 46.2 Å². The molecule has 0 atom stereocenters. The van der Waals surface area contributed by atoms with Crippen LogP contribution in [0.5, 0.6) is 0 Å². The molecule has 148 valence electrons. The van der Waals surface area contributed by atoms with E-state index in [1.54, 1.807) is 24.5 Å². The lowest BCUT2D eigenvalue weighted by atomic mass is 9.88. The molecule has 0 saturated heterocycles. The fourth-order valence-electron chi connectivity index (χ4n) is 1.79. The molecule has 0 aromatic carbocycles. The molecule has 0 aliphatic carbocycles. The lowest BCUT2D eigenvalue weighted by Crippen LogP contribution is -2.15. The van der Waals surface area contributed by atoms with Crippen molar-refractivity contribution >= 4 is 0 Å². The predicted molar refractivity (Wildman–Crippen MR) is 114 cm³/mol. The fourth-order valence-corrected chi connectivity index (χ4v) is 1.79. The summed E-state index contributed by atoms with van der Waals surface area (Å²) in [4.78, 5) is 26.8. The molecule has 0 bridgehead atoms. The number of pyridine rings is 2. The predicted octanol–water partition coefficient (Wildman–Crippen LogP) is 5.40. The van der Waals surface area contributed by atoms with Crippen molar-refractivity contribution in [3.05, 3.63) is 68.5 Å². The van der Waals surface area contributed by atoms with E-state index in [4.69, 9.17) is 0 Å². The quantitative estimate of drug-likeness (QED) is 0.659. The zero-order chi connectivity index (χ0) is 21.0. The molecule has 0 amide bonds. The van der Waals surface area contributed by atoms with Crippen LogP contribution < -0.4 is 11.1 Å². The van der Waals surface area contributed by atoms with Gasteiger partial charge in [-0.05, 0) is 28.0 Å². The monoisotopic (exact) mass is 362 g/mol. The zero-order valence-corrected chi connectivity index (χ0v) is 18.3. The Morgan fingerprint density at radius 2 is 1.15 bits per heavy atom. The Bertz CT molecular complexity index is 694. The van der Waals surface area contributed by atoms with Crippen LogP contribution in [0.2, 0.25) is 0 Å². The van der Waals surface area contributed by atoms with Gasteiger partial charge in [-0.3, -0.25) is 9.59 Å². The van der Waals surface area contributed by atoms with E-state index in [0.29, 0.717) is 0 Å². The number of H-pyrrole nitrogens is 2. The zero-order valence-electron chi connectivity index (χ0n) is 18.3. The SMILES string of the molecule is CC.CC.CC(C)(C)c1cc[nH]c(=O)c1.CC(C)(C)c1ccc(=O)[nH]c1. The van der Waals surface area contributed by atoms with E-state index in [1.807, 2.05) is 39.8 Å². The molecular formula is C22H38N2O2. The molecule has 0 aliphatic rings. The second-order valence-corrected chi connectivity index (χ2v) is 7.38. The second kappa shape index (κ2) is 12.3. The van der Waals surface area contributed by atoms with Crippen molar-refractivity contribution in [2.24, 2.45) is 0 Å². The van der Waals surface area contributed by atoms with Crippen LogP contribution in [-0.2, 0) is 10.8 Å². The van der Waals surface area contributed by atoms with Gasteiger partial charge in [0, 0.05) is 24.5 Å². The van der Waals surface area contributed by atoms with Crippen molar-refractivity contribution in [1.29, 1.82) is 0 Å². The molecule has 2 heterocycles. The molecule has 0 fully saturated rings. The largest absolute Gasteiger partial charge is 0.329 e. The highest BCUT2D eigenvalue weighted by atomic mass is 16.1. The third-order valence-electron chi connectivity index (χ3n) is 3.29. The van der Waals surface area contributed by atoms with E-state index in [9.17, 15) is 9.59 Å². The minimum atomic E-state index is -0.0435. The Kier molecular flexibility index (Phi) is 12.3. The molecule has 0 radical (unpaired) electrons. The Morgan fingerprint density at radius 1 is 0.654 bits per heavy atom. The third-order valence-corrected chi connectivity index (χ3v) is 3.29. The van der Waals surface area contributed by atoms with Gasteiger partial charge in [-0.25, -0.2) is 0 Å². The minimum Gasteiger partial charge on any atom is -0.329 e. The highest BCUT2D eigenvalue weighted by Gasteiger charge is 2.13. The van der Waals surface area contributed by atoms with Gasteiger partial charge in [0.25, 0.3) is 0 Å². The van der Waals surface area contributed by atoms with Crippen LogP contribution in [0, 0.1) is 0 Å². The molecule has 26 heavy (non-hydrogen) atoms. The maximum Gasteiger partial charge on any atom is 0.248 e. The molecule has 4 nitrogen and oxygen atoms in total. The van der Waals surface area contributed by atoms with Crippen LogP contribution >= 0.6 is 0 Å². The molecular weight excluding hydrogens is 324 g/mol. The smallest absolute Gasteiger partial charge is 0.248 e. The standard InChI is InChI=1S/2C9H13NO.2C2H6/c1-9(2,3)7-4-5-10-8(11)6-7;1-9(2,3)7-4-5-8(11)10-6-7;2*1-2/h2*4-6H,1-3H3,(H,10,11);2*1-2H3. The highest BCUT2D eigenvalue weighted by Crippen LogP contribution is 2.19. The lowest BCUT2D eigenvalue weighted by Gasteiger charge is -2.17. The van der Waals surface area contributed by atoms with Gasteiger partial charge in [-0.15, -0.1) is 0 Å². The van der Waals surface area contributed by atoms with Crippen molar-refractivity contribution in [3.8, 4) is 0 Å². The summed E-state index contributed by atoms with van der Waals surface area (Å²) in [7, 11) is 0. The van der Waals surface area contributed by atoms with Crippen molar-refractivity contribution in [3.63, 3.8) is 0 Å². The Hall–Kier alpha value is -2.10. The fraction of sp³-hybridized carbons (Fsp3) is 0.545. The molecule has 2 rings (SSSR count). The highest BCUT2D eigenvalue weighted by molar-refractivity contribution is 5.19. The van der Waals surface area contributed by atoms with E-state index >= 15 is 0 Å². The van der Waals surface area contributed by atoms with E-state index in [2.05, 4.69) is 51.5 Å². The maximum absolute atomic E-state index is 10.9. The minimum absolute atomic E-state index is 0.0302. The van der Waals surface area contributed by atoms with Crippen LogP contribution in [0.25, 0.3) is 0 Å². The molecule has 0 saturated carbocycles. The number of aromatic nitrogens is 2. The van der Waals surface area contributed by atoms with Gasteiger partial charge < -0.3 is 9.97 Å². The molecule has 2 aromatic heterocycles. The Balaban J connectivity index is 0. The average molecular weight is 363 g/mol. The molecule has 0 aliphatic heterocycles. The number of rotatable bonds is 0. The Morgan fingerprint density at radius 3 is 1.46 bits per heavy atom. The first kappa shape index (κ1) is 26.1. The molecule has 0 spiro atoms. The summed E-state index contributed by atoms with van der Waals surface area (Å²) in [5.41, 5.74) is 2.33. The number of hydrogen-bond acceptors (Lipinski definition) is 2. The van der Waals surface area contributed by atoms with Gasteiger partial charge in [-0.2, -0.15) is 0 Å². The van der Waals surface area contributed by atoms with Crippen molar-refractivity contribution in [2.45, 2.75) is 80.1 Å². The first-order valence-corrected chi connectivity index (χ1v) is 9.38. The maximum atomic E-state index is 10.9. The topological polar surface area (TPSA) is 65.7 Å². The number of hydrogen-bond donors (Lipinski definition) is 2. The first-order chi connectivity index (χ1) is 12.0. The average Bonchev–Trinajstić information content (AvgIpc) is 2.58. The van der Waals surface area contributed by atoms with Gasteiger partial charge in [0.05, 0.1) is 0 Å². The van der Waals surface area contributed by atoms with Crippen LogP contribution in [-0.4, -0.2) is 9.97 Å². The van der Waals surface area contributed by atoms with E-state index in [0.717, 1.165) is 11.1 Å². The summed E-state index contributed by atoms with van der Waals surface area (Å²) in [6.07, 6.45) is 3.45. The summed E-state index contributed by atoms with van der Waals surface area (Å²) >= 11 is 0. The Labute approximate surface area is 159 Å². The summed E-state index contributed by atoms with van der Waals surface area (Å²) in [6, 6.07) is 6.99. The van der Waals surface area contributed by atoms with Crippen molar-refractivity contribution < 1.29 is 0 Å². The molecule has 4 heteroatoms. The molecule has 2 N–H and O–H groups in total. The van der Waals surface area contributed by atoms with Crippen LogP contribution in [0.4, 0.5) is 0 Å². The number of aromatic amines is 2. The summed E-state index contributed by atoms with van der Waals surface area (Å²) in [5.74, 6) is 0. The van der Waals surface area contributed by atoms with Crippen LogP contribution in [0.1, 0.15) is 80.4 Å². The van der Waals surface area contributed by atoms with E-state index in [1.165, 1.54) is 0 Å². The molecule has 2 aromatic rings. The molecule has 0 unspecified atom stereocenters. The van der Waals surface area contributed by atoms with E-state index < -0.39 is 0 Å². The first-order valence-electron chi connectivity index (χ1n) is 9.38. The van der Waals surface area contributed by atoms with Crippen molar-refractivity contribution in [2.75, 3.05) is 0 Å². The van der Waals surface area contributed by atoms with Gasteiger partial charge in [0.1, 0.15) is 0 Å². The van der Waals surface area contributed by atoms with E-state index in [-0.39, 0.29) is 21.9 Å². The lowest BCUT2D eigenvalue weighted by molar-refractivity contribution is 0.587. The van der Waals surface area contributed by atoms with Gasteiger partial charge in [0.15, 0.2) is 0 Å². The summed E-state index contributed by atoms with van der Waals surface area (Å²) in [6.45, 7) is 20.6. The summed E-state index contributed by atoms with van der Waals surface area (Å²) < 4.78 is 0. The summed E-state index contributed by atoms with van der Waals surface area (Å²) in [5, 5.41) is 0. The van der Waals surface area contributed by atoms with Gasteiger partial charge >= 0.3 is 0 Å². The number of nitrogens with one attached hydrogen (secondary N) is 2. The van der Waals surface area contributed by atoms with Gasteiger partial charge in [-0.1, -0.05) is 75.3 Å².